The lowest BCUT2D eigenvalue weighted by Crippen LogP contribution is -2.36. The summed E-state index contributed by atoms with van der Waals surface area (Å²) in [6.45, 7) is 0. The van der Waals surface area contributed by atoms with Crippen LogP contribution in [-0.4, -0.2) is 18.4 Å². The molecule has 2 aliphatic carbocycles. The zero-order valence-electron chi connectivity index (χ0n) is 10.8. The van der Waals surface area contributed by atoms with E-state index in [0.29, 0.717) is 12.2 Å². The van der Waals surface area contributed by atoms with Crippen molar-refractivity contribution in [1.82, 2.24) is 0 Å². The summed E-state index contributed by atoms with van der Waals surface area (Å²) in [6, 6.07) is 0. The monoisotopic (exact) mass is 250 g/mol. The van der Waals surface area contributed by atoms with Gasteiger partial charge in [-0.25, -0.2) is 0 Å². The normalized spacial score (nSPS) is 33.9. The van der Waals surface area contributed by atoms with Crippen LogP contribution in [-0.2, 0) is 14.4 Å². The Labute approximate surface area is 108 Å². The summed E-state index contributed by atoms with van der Waals surface area (Å²) in [5.74, 6) is 0.135. The zero-order valence-corrected chi connectivity index (χ0v) is 10.8. The molecular formula is C15H22O3. The van der Waals surface area contributed by atoms with Crippen molar-refractivity contribution >= 4 is 18.4 Å². The first-order valence-electron chi connectivity index (χ1n) is 7.20. The van der Waals surface area contributed by atoms with Gasteiger partial charge in [-0.1, -0.05) is 19.3 Å². The van der Waals surface area contributed by atoms with Gasteiger partial charge in [-0.15, -0.1) is 0 Å². The number of carbonyl (C=O) groups excluding carboxylic acids is 3. The summed E-state index contributed by atoms with van der Waals surface area (Å²) >= 11 is 0. The molecule has 0 spiro atoms. The molecule has 2 rings (SSSR count). The Morgan fingerprint density at radius 2 is 1.61 bits per heavy atom. The van der Waals surface area contributed by atoms with Crippen LogP contribution in [0.3, 0.4) is 0 Å². The Hall–Kier alpha value is -0.990. The molecule has 0 bridgehead atoms. The van der Waals surface area contributed by atoms with Gasteiger partial charge >= 0.3 is 0 Å². The summed E-state index contributed by atoms with van der Waals surface area (Å²) in [5.41, 5.74) is 0. The van der Waals surface area contributed by atoms with E-state index in [0.717, 1.165) is 51.1 Å². The average Bonchev–Trinajstić information content (AvgIpc) is 2.46. The predicted molar refractivity (Wildman–Crippen MR) is 68.0 cm³/mol. The highest BCUT2D eigenvalue weighted by molar-refractivity contribution is 5.86. The van der Waals surface area contributed by atoms with Crippen LogP contribution >= 0.6 is 0 Å². The van der Waals surface area contributed by atoms with E-state index in [9.17, 15) is 14.4 Å². The van der Waals surface area contributed by atoms with Crippen molar-refractivity contribution in [2.45, 2.75) is 51.4 Å². The third-order valence-electron chi connectivity index (χ3n) is 4.68. The second-order valence-electron chi connectivity index (χ2n) is 5.85. The molecule has 0 saturated heterocycles. The molecule has 0 amide bonds. The molecule has 3 nitrogen and oxygen atoms in total. The SMILES string of the molecule is O=CC1CCC(C(=O)C2CCCCC2)C(C=O)C1. The van der Waals surface area contributed by atoms with E-state index >= 15 is 0 Å². The van der Waals surface area contributed by atoms with Crippen molar-refractivity contribution in [2.75, 3.05) is 0 Å². The van der Waals surface area contributed by atoms with Crippen LogP contribution in [0.25, 0.3) is 0 Å². The Balaban J connectivity index is 1.99. The van der Waals surface area contributed by atoms with Crippen LogP contribution in [0, 0.1) is 23.7 Å². The van der Waals surface area contributed by atoms with Crippen LogP contribution in [0.4, 0.5) is 0 Å². The summed E-state index contributed by atoms with van der Waals surface area (Å²) < 4.78 is 0. The molecule has 0 heterocycles. The lowest BCUT2D eigenvalue weighted by Gasteiger charge is -2.33. The number of aldehydes is 2. The Morgan fingerprint density at radius 3 is 2.22 bits per heavy atom. The second kappa shape index (κ2) is 6.26. The Kier molecular flexibility index (Phi) is 4.67. The van der Waals surface area contributed by atoms with Crippen LogP contribution < -0.4 is 0 Å². The van der Waals surface area contributed by atoms with Crippen LogP contribution in [0.5, 0.6) is 0 Å². The molecule has 0 radical (unpaired) electrons. The molecule has 100 valence electrons. The maximum Gasteiger partial charge on any atom is 0.139 e. The van der Waals surface area contributed by atoms with Crippen molar-refractivity contribution in [3.63, 3.8) is 0 Å². The first kappa shape index (κ1) is 13.4. The van der Waals surface area contributed by atoms with Crippen molar-refractivity contribution in [3.05, 3.63) is 0 Å². The van der Waals surface area contributed by atoms with Gasteiger partial charge in [-0.05, 0) is 32.1 Å². The van der Waals surface area contributed by atoms with E-state index in [4.69, 9.17) is 0 Å². The van der Waals surface area contributed by atoms with E-state index < -0.39 is 0 Å². The van der Waals surface area contributed by atoms with Gasteiger partial charge in [0.25, 0.3) is 0 Å². The summed E-state index contributed by atoms with van der Waals surface area (Å²) in [7, 11) is 0. The maximum atomic E-state index is 12.5. The van der Waals surface area contributed by atoms with Crippen LogP contribution in [0.2, 0.25) is 0 Å². The van der Waals surface area contributed by atoms with Crippen molar-refractivity contribution in [3.8, 4) is 0 Å². The smallest absolute Gasteiger partial charge is 0.139 e. The largest absolute Gasteiger partial charge is 0.303 e. The highest BCUT2D eigenvalue weighted by atomic mass is 16.1. The molecule has 0 N–H and O–H groups in total. The van der Waals surface area contributed by atoms with Crippen molar-refractivity contribution in [1.29, 1.82) is 0 Å². The fraction of sp³-hybridized carbons (Fsp3) is 0.800. The Bertz CT molecular complexity index is 318. The van der Waals surface area contributed by atoms with E-state index in [1.165, 1.54) is 6.42 Å². The second-order valence-corrected chi connectivity index (χ2v) is 5.85. The Morgan fingerprint density at radius 1 is 0.889 bits per heavy atom. The minimum absolute atomic E-state index is 0.0180. The lowest BCUT2D eigenvalue weighted by molar-refractivity contribution is -0.135. The molecule has 2 aliphatic rings. The lowest BCUT2D eigenvalue weighted by atomic mass is 9.69. The van der Waals surface area contributed by atoms with Gasteiger partial charge < -0.3 is 9.59 Å². The highest BCUT2D eigenvalue weighted by Gasteiger charge is 2.37. The van der Waals surface area contributed by atoms with E-state index in [1.54, 1.807) is 0 Å². The zero-order chi connectivity index (χ0) is 13.0. The summed E-state index contributed by atoms with van der Waals surface area (Å²) in [5, 5.41) is 0. The van der Waals surface area contributed by atoms with Gasteiger partial charge in [0.1, 0.15) is 18.4 Å². The minimum Gasteiger partial charge on any atom is -0.303 e. The van der Waals surface area contributed by atoms with Crippen molar-refractivity contribution in [2.24, 2.45) is 23.7 Å². The minimum atomic E-state index is -0.219. The third kappa shape index (κ3) is 2.88. The average molecular weight is 250 g/mol. The maximum absolute atomic E-state index is 12.5. The van der Waals surface area contributed by atoms with E-state index in [1.807, 2.05) is 0 Å². The summed E-state index contributed by atoms with van der Waals surface area (Å²) in [4.78, 5) is 34.4. The molecule has 2 saturated carbocycles. The molecule has 0 aromatic rings. The molecule has 3 unspecified atom stereocenters. The first-order chi connectivity index (χ1) is 8.76. The molecule has 0 aromatic heterocycles. The number of ketones is 1. The number of hydrogen-bond acceptors (Lipinski definition) is 3. The number of carbonyl (C=O) groups is 3. The van der Waals surface area contributed by atoms with Gasteiger partial charge in [0.15, 0.2) is 0 Å². The number of Topliss-reactive ketones (excluding diaryl/α,β-unsaturated/α-hetero) is 1. The van der Waals surface area contributed by atoms with Crippen LogP contribution in [0.1, 0.15) is 51.4 Å². The fourth-order valence-corrected chi connectivity index (χ4v) is 3.56. The van der Waals surface area contributed by atoms with Gasteiger partial charge in [-0.3, -0.25) is 4.79 Å². The van der Waals surface area contributed by atoms with Crippen molar-refractivity contribution < 1.29 is 14.4 Å². The van der Waals surface area contributed by atoms with Gasteiger partial charge in [-0.2, -0.15) is 0 Å². The molecule has 3 atom stereocenters. The summed E-state index contributed by atoms with van der Waals surface area (Å²) in [6.07, 6.45) is 9.45. The number of hydrogen-bond donors (Lipinski definition) is 0. The molecule has 0 aromatic carbocycles. The van der Waals surface area contributed by atoms with Gasteiger partial charge in [0.05, 0.1) is 0 Å². The van der Waals surface area contributed by atoms with Crippen LogP contribution in [0.15, 0.2) is 0 Å². The standard InChI is InChI=1S/C15H22O3/c16-9-11-6-7-14(13(8-11)10-17)15(18)12-4-2-1-3-5-12/h9-14H,1-8H2. The quantitative estimate of drug-likeness (QED) is 0.720. The molecule has 3 heteroatoms. The molecule has 0 aliphatic heterocycles. The highest BCUT2D eigenvalue weighted by Crippen LogP contribution is 2.37. The third-order valence-corrected chi connectivity index (χ3v) is 4.68. The molecule has 18 heavy (non-hydrogen) atoms. The molecule has 2 fully saturated rings. The van der Waals surface area contributed by atoms with E-state index in [2.05, 4.69) is 0 Å². The predicted octanol–water partition coefficient (Wildman–Crippen LogP) is 2.57. The van der Waals surface area contributed by atoms with Gasteiger partial charge in [0.2, 0.25) is 0 Å². The van der Waals surface area contributed by atoms with Gasteiger partial charge in [0, 0.05) is 23.7 Å². The molecular weight excluding hydrogens is 228 g/mol. The van der Waals surface area contributed by atoms with E-state index in [-0.39, 0.29) is 23.7 Å². The first-order valence-corrected chi connectivity index (χ1v) is 7.20. The topological polar surface area (TPSA) is 51.2 Å². The fourth-order valence-electron chi connectivity index (χ4n) is 3.56. The number of rotatable bonds is 4.